The van der Waals surface area contributed by atoms with E-state index in [0.717, 1.165) is 32.4 Å². The number of amides is 1. The predicted octanol–water partition coefficient (Wildman–Crippen LogP) is 1.95. The third-order valence-corrected chi connectivity index (χ3v) is 5.90. The topological polar surface area (TPSA) is 44.7 Å². The van der Waals surface area contributed by atoms with Crippen LogP contribution in [0.5, 0.6) is 0 Å². The van der Waals surface area contributed by atoms with Crippen LogP contribution in [0.15, 0.2) is 4.99 Å². The highest BCUT2D eigenvalue weighted by atomic mass is 16.2. The van der Waals surface area contributed by atoms with Crippen molar-refractivity contribution >= 4 is 11.6 Å². The number of hydrogen-bond donors (Lipinski definition) is 1. The highest BCUT2D eigenvalue weighted by molar-refractivity contribution is 6.12. The van der Waals surface area contributed by atoms with Gasteiger partial charge in [0.25, 0.3) is 0 Å². The fourth-order valence-corrected chi connectivity index (χ4v) is 5.01. The molecule has 110 valence electrons. The van der Waals surface area contributed by atoms with E-state index in [-0.39, 0.29) is 17.0 Å². The van der Waals surface area contributed by atoms with Crippen molar-refractivity contribution in [2.75, 3.05) is 20.1 Å². The Kier molecular flexibility index (Phi) is 2.75. The van der Waals surface area contributed by atoms with Gasteiger partial charge in [-0.05, 0) is 45.6 Å². The van der Waals surface area contributed by atoms with Crippen molar-refractivity contribution < 1.29 is 4.79 Å². The van der Waals surface area contributed by atoms with E-state index in [1.807, 2.05) is 0 Å². The number of aliphatic imine (C=N–C) groups is 1. The van der Waals surface area contributed by atoms with Crippen molar-refractivity contribution in [3.63, 3.8) is 0 Å². The average molecular weight is 275 g/mol. The van der Waals surface area contributed by atoms with Crippen LogP contribution >= 0.6 is 0 Å². The van der Waals surface area contributed by atoms with Crippen LogP contribution in [0.2, 0.25) is 0 Å². The zero-order valence-electron chi connectivity index (χ0n) is 12.5. The van der Waals surface area contributed by atoms with E-state index >= 15 is 0 Å². The standard InChI is InChI=1S/C16H25N3O/c1-19-10-12-6-5-7-15(11-19)13(12)17-16(18-14(15)20)8-3-2-4-9-16/h12H,2-11H2,1H3,(H,18,20)/t12-,15-/m1/s1. The summed E-state index contributed by atoms with van der Waals surface area (Å²) in [5.74, 6) is 0.799. The summed E-state index contributed by atoms with van der Waals surface area (Å²) < 4.78 is 0. The summed E-state index contributed by atoms with van der Waals surface area (Å²) in [4.78, 5) is 20.5. The van der Waals surface area contributed by atoms with Crippen LogP contribution in [-0.2, 0) is 4.79 Å². The molecule has 4 heteroatoms. The van der Waals surface area contributed by atoms with E-state index in [1.54, 1.807) is 0 Å². The number of likely N-dealkylation sites (tertiary alicyclic amines) is 1. The second-order valence-electron chi connectivity index (χ2n) is 7.41. The molecule has 0 aromatic heterocycles. The molecule has 1 saturated heterocycles. The Morgan fingerprint density at radius 1 is 1.20 bits per heavy atom. The summed E-state index contributed by atoms with van der Waals surface area (Å²) in [6, 6.07) is 0. The Morgan fingerprint density at radius 2 is 2.00 bits per heavy atom. The largest absolute Gasteiger partial charge is 0.331 e. The van der Waals surface area contributed by atoms with E-state index in [9.17, 15) is 4.79 Å². The highest BCUT2D eigenvalue weighted by Crippen LogP contribution is 2.46. The lowest BCUT2D eigenvalue weighted by molar-refractivity contribution is -0.134. The minimum atomic E-state index is -0.293. The molecule has 4 rings (SSSR count). The number of carbonyl (C=O) groups excluding carboxylic acids is 1. The molecule has 20 heavy (non-hydrogen) atoms. The maximum absolute atomic E-state index is 13.0. The normalized spacial score (nSPS) is 40.0. The van der Waals surface area contributed by atoms with E-state index in [4.69, 9.17) is 4.99 Å². The van der Waals surface area contributed by atoms with Gasteiger partial charge in [-0.1, -0.05) is 12.8 Å². The van der Waals surface area contributed by atoms with Crippen molar-refractivity contribution in [1.29, 1.82) is 0 Å². The fourth-order valence-electron chi connectivity index (χ4n) is 5.01. The number of nitrogens with zero attached hydrogens (tertiary/aromatic N) is 2. The minimum absolute atomic E-state index is 0.236. The summed E-state index contributed by atoms with van der Waals surface area (Å²) >= 11 is 0. The van der Waals surface area contributed by atoms with Crippen LogP contribution in [-0.4, -0.2) is 42.3 Å². The third kappa shape index (κ3) is 1.70. The first-order valence-electron chi connectivity index (χ1n) is 8.25. The van der Waals surface area contributed by atoms with E-state index < -0.39 is 0 Å². The van der Waals surface area contributed by atoms with Crippen LogP contribution < -0.4 is 5.32 Å². The fraction of sp³-hybridized carbons (Fsp3) is 0.875. The molecule has 0 radical (unpaired) electrons. The van der Waals surface area contributed by atoms with Gasteiger partial charge in [-0.2, -0.15) is 0 Å². The molecule has 0 aromatic carbocycles. The van der Waals surface area contributed by atoms with Gasteiger partial charge >= 0.3 is 0 Å². The summed E-state index contributed by atoms with van der Waals surface area (Å²) in [5, 5.41) is 3.34. The van der Waals surface area contributed by atoms with E-state index in [1.165, 1.54) is 37.8 Å². The second-order valence-corrected chi connectivity index (χ2v) is 7.41. The number of rotatable bonds is 0. The Morgan fingerprint density at radius 3 is 2.80 bits per heavy atom. The number of piperidine rings is 1. The Bertz CT molecular complexity index is 466. The van der Waals surface area contributed by atoms with Gasteiger partial charge in [-0.15, -0.1) is 0 Å². The average Bonchev–Trinajstić information content (AvgIpc) is 2.40. The quantitative estimate of drug-likeness (QED) is 0.734. The van der Waals surface area contributed by atoms with E-state index in [0.29, 0.717) is 5.92 Å². The smallest absolute Gasteiger partial charge is 0.235 e. The molecule has 3 fully saturated rings. The summed E-state index contributed by atoms with van der Waals surface area (Å²) in [6.07, 6.45) is 9.17. The van der Waals surface area contributed by atoms with Crippen molar-refractivity contribution in [1.82, 2.24) is 10.2 Å². The zero-order chi connectivity index (χ0) is 13.8. The van der Waals surface area contributed by atoms with Gasteiger partial charge < -0.3 is 10.2 Å². The van der Waals surface area contributed by atoms with Crippen molar-refractivity contribution in [3.05, 3.63) is 0 Å². The van der Waals surface area contributed by atoms with Crippen LogP contribution in [0.25, 0.3) is 0 Å². The maximum Gasteiger partial charge on any atom is 0.235 e. The Labute approximate surface area is 121 Å². The molecule has 2 aliphatic carbocycles. The number of carbonyl (C=O) groups is 1. The first kappa shape index (κ1) is 12.8. The molecule has 2 heterocycles. The molecule has 1 spiro atoms. The van der Waals surface area contributed by atoms with Crippen molar-refractivity contribution in [2.24, 2.45) is 16.3 Å². The Balaban J connectivity index is 1.78. The third-order valence-electron chi connectivity index (χ3n) is 5.90. The van der Waals surface area contributed by atoms with Gasteiger partial charge in [0.15, 0.2) is 0 Å². The summed E-state index contributed by atoms with van der Waals surface area (Å²) in [5.41, 5.74) is 0.741. The first-order chi connectivity index (χ1) is 9.64. The molecule has 2 bridgehead atoms. The van der Waals surface area contributed by atoms with Crippen molar-refractivity contribution in [2.45, 2.75) is 57.0 Å². The molecule has 2 aliphatic heterocycles. The number of nitrogens with one attached hydrogen (secondary N) is 1. The van der Waals surface area contributed by atoms with Gasteiger partial charge in [0.2, 0.25) is 5.91 Å². The maximum atomic E-state index is 13.0. The molecular weight excluding hydrogens is 250 g/mol. The molecule has 4 nitrogen and oxygen atoms in total. The van der Waals surface area contributed by atoms with Gasteiger partial charge in [0, 0.05) is 24.7 Å². The SMILES string of the molecule is CN1C[C@H]2CCC[C@]3(C1)C(=O)NC1(CCCCC1)N=C23. The zero-order valence-corrected chi connectivity index (χ0v) is 12.5. The summed E-state index contributed by atoms with van der Waals surface area (Å²) in [7, 11) is 2.15. The second kappa shape index (κ2) is 4.30. The molecule has 1 amide bonds. The van der Waals surface area contributed by atoms with Crippen LogP contribution in [0, 0.1) is 11.3 Å². The predicted molar refractivity (Wildman–Crippen MR) is 78.7 cm³/mol. The van der Waals surface area contributed by atoms with Gasteiger partial charge in [0.1, 0.15) is 5.66 Å². The monoisotopic (exact) mass is 275 g/mol. The molecule has 0 unspecified atom stereocenters. The lowest BCUT2D eigenvalue weighted by Gasteiger charge is -2.54. The lowest BCUT2D eigenvalue weighted by Crippen LogP contribution is -2.68. The number of hydrogen-bond acceptors (Lipinski definition) is 3. The first-order valence-corrected chi connectivity index (χ1v) is 8.25. The molecule has 2 saturated carbocycles. The molecule has 2 atom stereocenters. The molecule has 0 aromatic rings. The minimum Gasteiger partial charge on any atom is -0.331 e. The molecule has 4 aliphatic rings. The van der Waals surface area contributed by atoms with Gasteiger partial charge in [-0.25, -0.2) is 0 Å². The lowest BCUT2D eigenvalue weighted by atomic mass is 9.62. The Hall–Kier alpha value is -0.900. The van der Waals surface area contributed by atoms with E-state index in [2.05, 4.69) is 17.3 Å². The summed E-state index contributed by atoms with van der Waals surface area (Å²) in [6.45, 7) is 1.95. The van der Waals surface area contributed by atoms with Crippen LogP contribution in [0.1, 0.15) is 51.4 Å². The molecular formula is C16H25N3O. The molecule has 1 N–H and O–H groups in total. The van der Waals surface area contributed by atoms with Crippen LogP contribution in [0.3, 0.4) is 0 Å². The van der Waals surface area contributed by atoms with Crippen molar-refractivity contribution in [3.8, 4) is 0 Å². The highest BCUT2D eigenvalue weighted by Gasteiger charge is 2.56. The van der Waals surface area contributed by atoms with Gasteiger partial charge in [0.05, 0.1) is 5.41 Å². The van der Waals surface area contributed by atoms with Gasteiger partial charge in [-0.3, -0.25) is 9.79 Å². The van der Waals surface area contributed by atoms with Crippen LogP contribution in [0.4, 0.5) is 0 Å².